The molecule has 2 aromatic heterocycles. The summed E-state index contributed by atoms with van der Waals surface area (Å²) in [6, 6.07) is 11.8. The third-order valence-electron chi connectivity index (χ3n) is 3.73. The number of benzene rings is 1. The molecule has 3 rings (SSSR count). The maximum Gasteiger partial charge on any atom is 0.253 e. The van der Waals surface area contributed by atoms with Gasteiger partial charge in [0, 0.05) is 37.1 Å². The zero-order valence-corrected chi connectivity index (χ0v) is 13.1. The van der Waals surface area contributed by atoms with E-state index >= 15 is 0 Å². The van der Waals surface area contributed by atoms with Gasteiger partial charge in [0.15, 0.2) is 6.29 Å². The van der Waals surface area contributed by atoms with Crippen molar-refractivity contribution < 1.29 is 4.79 Å². The van der Waals surface area contributed by atoms with Crippen molar-refractivity contribution in [3.8, 4) is 11.4 Å². The second kappa shape index (κ2) is 6.04. The van der Waals surface area contributed by atoms with E-state index < -0.39 is 0 Å². The summed E-state index contributed by atoms with van der Waals surface area (Å²) in [7, 11) is 1.71. The molecule has 0 saturated heterocycles. The zero-order valence-electron chi connectivity index (χ0n) is 13.1. The number of hydrogen-bond donors (Lipinski definition) is 0. The molecular weight excluding hydrogens is 290 g/mol. The molecular formula is C18H17N3O2. The van der Waals surface area contributed by atoms with Crippen LogP contribution >= 0.6 is 0 Å². The number of rotatable bonds is 4. The minimum atomic E-state index is -0.0365. The summed E-state index contributed by atoms with van der Waals surface area (Å²) in [4.78, 5) is 27.4. The number of nitrogens with zero attached hydrogens (tertiary/aromatic N) is 3. The van der Waals surface area contributed by atoms with Crippen molar-refractivity contribution in [1.82, 2.24) is 14.1 Å². The average Bonchev–Trinajstić information content (AvgIpc) is 2.96. The summed E-state index contributed by atoms with van der Waals surface area (Å²) in [5.74, 6) is 0.676. The first-order chi connectivity index (χ1) is 11.1. The molecule has 0 aliphatic carbocycles. The van der Waals surface area contributed by atoms with Gasteiger partial charge in [-0.05, 0) is 18.6 Å². The van der Waals surface area contributed by atoms with Gasteiger partial charge in [0.2, 0.25) is 0 Å². The smallest absolute Gasteiger partial charge is 0.253 e. The molecule has 23 heavy (non-hydrogen) atoms. The van der Waals surface area contributed by atoms with Crippen molar-refractivity contribution in [2.24, 2.45) is 7.05 Å². The minimum absolute atomic E-state index is 0.0365. The number of carbonyl (C=O) groups is 1. The van der Waals surface area contributed by atoms with Crippen LogP contribution in [-0.2, 0) is 13.6 Å². The molecule has 0 aliphatic rings. The number of aldehydes is 1. The second-order valence-electron chi connectivity index (χ2n) is 5.55. The highest BCUT2D eigenvalue weighted by molar-refractivity contribution is 5.73. The second-order valence-corrected chi connectivity index (χ2v) is 5.55. The van der Waals surface area contributed by atoms with Crippen LogP contribution in [0.15, 0.2) is 53.6 Å². The number of carbonyl (C=O) groups excluding carboxylic acids is 1. The van der Waals surface area contributed by atoms with Crippen LogP contribution in [-0.4, -0.2) is 20.4 Å². The highest BCUT2D eigenvalue weighted by Gasteiger charge is 2.12. The van der Waals surface area contributed by atoms with E-state index in [-0.39, 0.29) is 5.56 Å². The minimum Gasteiger partial charge on any atom is -0.326 e. The van der Waals surface area contributed by atoms with E-state index in [1.807, 2.05) is 34.9 Å². The molecule has 5 nitrogen and oxygen atoms in total. The van der Waals surface area contributed by atoms with Crippen molar-refractivity contribution >= 4 is 6.29 Å². The monoisotopic (exact) mass is 307 g/mol. The summed E-state index contributed by atoms with van der Waals surface area (Å²) >= 11 is 0. The van der Waals surface area contributed by atoms with Crippen molar-refractivity contribution in [3.05, 3.63) is 76.0 Å². The SMILES string of the molecule is Cc1cc(-c2nc(C=O)cn2Cc2ccccc2)cn(C)c1=O. The molecule has 0 saturated carbocycles. The van der Waals surface area contributed by atoms with Gasteiger partial charge in [-0.2, -0.15) is 0 Å². The molecule has 116 valence electrons. The fourth-order valence-corrected chi connectivity index (χ4v) is 2.62. The molecule has 0 N–H and O–H groups in total. The van der Waals surface area contributed by atoms with Gasteiger partial charge in [-0.1, -0.05) is 30.3 Å². The Bertz CT molecular complexity index is 882. The molecule has 0 amide bonds. The Morgan fingerprint density at radius 3 is 2.57 bits per heavy atom. The summed E-state index contributed by atoms with van der Waals surface area (Å²) < 4.78 is 3.46. The lowest BCUT2D eigenvalue weighted by atomic mass is 10.2. The van der Waals surface area contributed by atoms with E-state index in [2.05, 4.69) is 4.98 Å². The molecule has 2 heterocycles. The van der Waals surface area contributed by atoms with Crippen LogP contribution < -0.4 is 5.56 Å². The zero-order chi connectivity index (χ0) is 16.4. The Balaban J connectivity index is 2.10. The summed E-state index contributed by atoms with van der Waals surface area (Å²) in [6.07, 6.45) is 4.21. The highest BCUT2D eigenvalue weighted by Crippen LogP contribution is 2.20. The fourth-order valence-electron chi connectivity index (χ4n) is 2.62. The number of aromatic nitrogens is 3. The third-order valence-corrected chi connectivity index (χ3v) is 3.73. The molecule has 0 fully saturated rings. The van der Waals surface area contributed by atoms with Gasteiger partial charge in [0.1, 0.15) is 11.5 Å². The summed E-state index contributed by atoms with van der Waals surface area (Å²) in [6.45, 7) is 2.38. The molecule has 0 aliphatic heterocycles. The molecule has 5 heteroatoms. The number of pyridine rings is 1. The van der Waals surface area contributed by atoms with Crippen LogP contribution in [0.2, 0.25) is 0 Å². The van der Waals surface area contributed by atoms with Gasteiger partial charge in [-0.3, -0.25) is 9.59 Å². The molecule has 0 atom stereocenters. The van der Waals surface area contributed by atoms with Gasteiger partial charge in [0.05, 0.1) is 0 Å². The predicted octanol–water partition coefficient (Wildman–Crippen LogP) is 2.42. The van der Waals surface area contributed by atoms with Crippen LogP contribution in [0.4, 0.5) is 0 Å². The van der Waals surface area contributed by atoms with E-state index in [1.165, 1.54) is 4.57 Å². The molecule has 0 spiro atoms. The first-order valence-electron chi connectivity index (χ1n) is 7.32. The Labute approximate surface area is 133 Å². The normalized spacial score (nSPS) is 10.7. The molecule has 1 aromatic carbocycles. The number of hydrogen-bond acceptors (Lipinski definition) is 3. The average molecular weight is 307 g/mol. The van der Waals surface area contributed by atoms with Crippen LogP contribution in [0.5, 0.6) is 0 Å². The van der Waals surface area contributed by atoms with Crippen LogP contribution in [0, 0.1) is 6.92 Å². The van der Waals surface area contributed by atoms with E-state index in [0.717, 1.165) is 17.4 Å². The van der Waals surface area contributed by atoms with Crippen molar-refractivity contribution in [3.63, 3.8) is 0 Å². The van der Waals surface area contributed by atoms with E-state index in [9.17, 15) is 9.59 Å². The maximum atomic E-state index is 11.9. The van der Waals surface area contributed by atoms with Crippen LogP contribution in [0.3, 0.4) is 0 Å². The summed E-state index contributed by atoms with van der Waals surface area (Å²) in [5, 5.41) is 0. The largest absolute Gasteiger partial charge is 0.326 e. The van der Waals surface area contributed by atoms with Crippen LogP contribution in [0.1, 0.15) is 21.6 Å². The van der Waals surface area contributed by atoms with Crippen molar-refractivity contribution in [1.29, 1.82) is 0 Å². The van der Waals surface area contributed by atoms with Crippen molar-refractivity contribution in [2.45, 2.75) is 13.5 Å². The van der Waals surface area contributed by atoms with E-state index in [1.54, 1.807) is 32.4 Å². The fraction of sp³-hybridized carbons (Fsp3) is 0.167. The molecule has 0 bridgehead atoms. The first-order valence-corrected chi connectivity index (χ1v) is 7.32. The van der Waals surface area contributed by atoms with Gasteiger partial charge < -0.3 is 9.13 Å². The van der Waals surface area contributed by atoms with Gasteiger partial charge >= 0.3 is 0 Å². The van der Waals surface area contributed by atoms with Gasteiger partial charge in [-0.15, -0.1) is 0 Å². The standard InChI is InChI=1S/C18H17N3O2/c1-13-8-15(10-20(2)18(13)23)17-19-16(12-22)11-21(17)9-14-6-4-3-5-7-14/h3-8,10-12H,9H2,1-2H3. The van der Waals surface area contributed by atoms with Crippen molar-refractivity contribution in [2.75, 3.05) is 0 Å². The lowest BCUT2D eigenvalue weighted by molar-refractivity contribution is 0.111. The lowest BCUT2D eigenvalue weighted by Crippen LogP contribution is -2.18. The maximum absolute atomic E-state index is 11.9. The van der Waals surface area contributed by atoms with Crippen LogP contribution in [0.25, 0.3) is 11.4 Å². The van der Waals surface area contributed by atoms with E-state index in [4.69, 9.17) is 0 Å². The molecule has 3 aromatic rings. The number of imidazole rings is 1. The Morgan fingerprint density at radius 1 is 1.17 bits per heavy atom. The molecule has 0 radical (unpaired) electrons. The molecule has 0 unspecified atom stereocenters. The Morgan fingerprint density at radius 2 is 1.91 bits per heavy atom. The van der Waals surface area contributed by atoms with E-state index in [0.29, 0.717) is 23.6 Å². The van der Waals surface area contributed by atoms with Gasteiger partial charge in [-0.25, -0.2) is 4.98 Å². The topological polar surface area (TPSA) is 56.9 Å². The lowest BCUT2D eigenvalue weighted by Gasteiger charge is -2.10. The Kier molecular flexibility index (Phi) is 3.93. The highest BCUT2D eigenvalue weighted by atomic mass is 16.1. The first kappa shape index (κ1) is 15.0. The quantitative estimate of drug-likeness (QED) is 0.696. The summed E-state index contributed by atoms with van der Waals surface area (Å²) in [5.41, 5.74) is 2.92. The number of aryl methyl sites for hydroxylation is 2. The van der Waals surface area contributed by atoms with Gasteiger partial charge in [0.25, 0.3) is 5.56 Å². The predicted molar refractivity (Wildman–Crippen MR) is 88.6 cm³/mol. The third kappa shape index (κ3) is 2.99. The Hall–Kier alpha value is -2.95.